The Labute approximate surface area is 163 Å². The van der Waals surface area contributed by atoms with Crippen molar-refractivity contribution in [3.05, 3.63) is 54.0 Å². The van der Waals surface area contributed by atoms with Crippen LogP contribution in [0.1, 0.15) is 24.2 Å². The highest BCUT2D eigenvalue weighted by molar-refractivity contribution is 5.88. The van der Waals surface area contributed by atoms with Crippen LogP contribution >= 0.6 is 0 Å². The highest BCUT2D eigenvalue weighted by atomic mass is 19.4. The highest BCUT2D eigenvalue weighted by Gasteiger charge is 2.36. The summed E-state index contributed by atoms with van der Waals surface area (Å²) >= 11 is 0. The highest BCUT2D eigenvalue weighted by Crippen LogP contribution is 2.28. The van der Waals surface area contributed by atoms with Crippen molar-refractivity contribution in [2.45, 2.75) is 26.8 Å². The van der Waals surface area contributed by atoms with Gasteiger partial charge in [-0.1, -0.05) is 0 Å². The molecule has 0 saturated carbocycles. The number of ether oxygens (including phenoxy) is 4. The number of hydrogen-bond donors (Lipinski definition) is 0. The van der Waals surface area contributed by atoms with Gasteiger partial charge in [0.2, 0.25) is 5.76 Å². The van der Waals surface area contributed by atoms with Crippen molar-refractivity contribution in [3.8, 4) is 11.5 Å². The lowest BCUT2D eigenvalue weighted by Gasteiger charge is -2.12. The Morgan fingerprint density at radius 3 is 2.55 bits per heavy atom. The predicted molar refractivity (Wildman–Crippen MR) is 91.6 cm³/mol. The fraction of sp³-hybridized carbons (Fsp3) is 0.333. The van der Waals surface area contributed by atoms with E-state index in [4.69, 9.17) is 14.2 Å². The molecule has 0 atom stereocenters. The first-order valence-electron chi connectivity index (χ1n) is 8.43. The van der Waals surface area contributed by atoms with E-state index in [1.54, 1.807) is 6.92 Å². The predicted octanol–water partition coefficient (Wildman–Crippen LogP) is 4.05. The number of alkyl halides is 3. The van der Waals surface area contributed by atoms with Crippen molar-refractivity contribution in [3.63, 3.8) is 0 Å². The summed E-state index contributed by atoms with van der Waals surface area (Å²) in [6.07, 6.45) is -1.73. The first kappa shape index (κ1) is 22.1. The van der Waals surface area contributed by atoms with Crippen LogP contribution in [0.25, 0.3) is 0 Å². The molecule has 0 aliphatic rings. The third kappa shape index (κ3) is 6.40. The number of benzene rings is 1. The van der Waals surface area contributed by atoms with Gasteiger partial charge in [0.1, 0.15) is 12.0 Å². The van der Waals surface area contributed by atoms with Gasteiger partial charge in [0, 0.05) is 12.3 Å². The molecule has 7 nitrogen and oxygen atoms in total. The number of carbonyl (C=O) groups excluding carboxylic acids is 1. The van der Waals surface area contributed by atoms with E-state index in [1.807, 2.05) is 0 Å². The summed E-state index contributed by atoms with van der Waals surface area (Å²) in [5.41, 5.74) is 0.209. The van der Waals surface area contributed by atoms with Crippen molar-refractivity contribution in [1.29, 1.82) is 0 Å². The molecule has 1 heterocycles. The molecule has 0 spiro atoms. The minimum absolute atomic E-state index is 0.181. The second kappa shape index (κ2) is 9.80. The van der Waals surface area contributed by atoms with Crippen molar-refractivity contribution in [2.24, 2.45) is 0 Å². The van der Waals surface area contributed by atoms with Gasteiger partial charge in [0.15, 0.2) is 18.3 Å². The molecule has 0 N–H and O–H groups in total. The molecule has 11 heteroatoms. The van der Waals surface area contributed by atoms with Crippen LogP contribution in [0, 0.1) is 5.82 Å². The normalized spacial score (nSPS) is 11.9. The minimum atomic E-state index is -4.73. The fourth-order valence-corrected chi connectivity index (χ4v) is 2.02. The molecule has 0 fully saturated rings. The molecule has 0 bridgehead atoms. The van der Waals surface area contributed by atoms with Gasteiger partial charge in [-0.15, -0.1) is 0 Å². The monoisotopic (exact) mass is 418 g/mol. The fourth-order valence-electron chi connectivity index (χ4n) is 2.02. The smallest absolute Gasteiger partial charge is 0.452 e. The Hall–Kier alpha value is -3.24. The number of allylic oxidation sites excluding steroid dienone is 1. The van der Waals surface area contributed by atoms with Crippen LogP contribution < -0.4 is 9.47 Å². The Morgan fingerprint density at radius 2 is 1.93 bits per heavy atom. The molecule has 0 aliphatic heterocycles. The van der Waals surface area contributed by atoms with Gasteiger partial charge in [-0.3, -0.25) is 0 Å². The second-order valence-corrected chi connectivity index (χ2v) is 5.39. The largest absolute Gasteiger partial charge is 0.487 e. The van der Waals surface area contributed by atoms with E-state index in [-0.39, 0.29) is 37.0 Å². The van der Waals surface area contributed by atoms with Crippen molar-refractivity contribution < 1.29 is 41.3 Å². The van der Waals surface area contributed by atoms with Gasteiger partial charge in [-0.05, 0) is 26.0 Å². The molecule has 0 aliphatic carbocycles. The third-order valence-corrected chi connectivity index (χ3v) is 3.28. The average Bonchev–Trinajstić information content (AvgIpc) is 3.13. The molecule has 1 aromatic heterocycles. The number of hydrogen-bond acceptors (Lipinski definition) is 6. The van der Waals surface area contributed by atoms with Gasteiger partial charge in [0.25, 0.3) is 0 Å². The number of nitrogens with zero attached hydrogens (tertiary/aromatic N) is 2. The summed E-state index contributed by atoms with van der Waals surface area (Å²) in [5.74, 6) is -3.12. The van der Waals surface area contributed by atoms with E-state index in [0.717, 1.165) is 6.07 Å². The van der Waals surface area contributed by atoms with E-state index in [0.29, 0.717) is 6.26 Å². The molecule has 0 unspecified atom stereocenters. The lowest BCUT2D eigenvalue weighted by atomic mass is 10.3. The van der Waals surface area contributed by atoms with E-state index in [2.05, 4.69) is 9.84 Å². The number of aromatic nitrogens is 2. The van der Waals surface area contributed by atoms with Crippen molar-refractivity contribution in [2.75, 3.05) is 13.2 Å². The van der Waals surface area contributed by atoms with Crippen LogP contribution in [0.2, 0.25) is 0 Å². The topological polar surface area (TPSA) is 71.8 Å². The summed E-state index contributed by atoms with van der Waals surface area (Å²) in [4.78, 5) is 11.6. The van der Waals surface area contributed by atoms with E-state index in [1.165, 1.54) is 36.1 Å². The zero-order valence-corrected chi connectivity index (χ0v) is 15.5. The second-order valence-electron chi connectivity index (χ2n) is 5.39. The summed E-state index contributed by atoms with van der Waals surface area (Å²) in [5, 5.41) is 3.89. The molecule has 2 rings (SSSR count). The molecular weight excluding hydrogens is 400 g/mol. The number of halogens is 4. The standard InChI is InChI=1S/C18H18F4N2O5/c1-3-26-16(18(20,21)22)10-28-13-5-6-15(14(19)7-13)29-11-24-9-12(8-23-24)17(25)27-4-2/h5-10H,3-4,11H2,1-2H3/b16-10-. The third-order valence-electron chi connectivity index (χ3n) is 3.28. The molecule has 29 heavy (non-hydrogen) atoms. The van der Waals surface area contributed by atoms with Gasteiger partial charge < -0.3 is 18.9 Å². The molecule has 0 saturated heterocycles. The molecule has 1 aromatic carbocycles. The lowest BCUT2D eigenvalue weighted by Crippen LogP contribution is -2.15. The number of carbonyl (C=O) groups is 1. The Morgan fingerprint density at radius 1 is 1.21 bits per heavy atom. The van der Waals surface area contributed by atoms with Gasteiger partial charge in [-0.25, -0.2) is 13.9 Å². The summed E-state index contributed by atoms with van der Waals surface area (Å²) in [6.45, 7) is 2.85. The SMILES string of the molecule is CCOC(=O)c1cnn(COc2ccc(O/C=C(\OCC)C(F)(F)F)cc2F)c1. The number of rotatable bonds is 9. The molecule has 0 amide bonds. The molecule has 158 valence electrons. The first-order chi connectivity index (χ1) is 13.7. The van der Waals surface area contributed by atoms with Gasteiger partial charge in [-0.2, -0.15) is 18.3 Å². The average molecular weight is 418 g/mol. The van der Waals surface area contributed by atoms with E-state index < -0.39 is 23.7 Å². The maximum Gasteiger partial charge on any atom is 0.452 e. The minimum Gasteiger partial charge on any atom is -0.487 e. The van der Waals surface area contributed by atoms with E-state index >= 15 is 0 Å². The Bertz CT molecular complexity index is 864. The molecule has 0 radical (unpaired) electrons. The maximum absolute atomic E-state index is 14.1. The Balaban J connectivity index is 2.00. The molecular formula is C18H18F4N2O5. The van der Waals surface area contributed by atoms with Crippen molar-refractivity contribution in [1.82, 2.24) is 9.78 Å². The van der Waals surface area contributed by atoms with Crippen LogP contribution in [0.5, 0.6) is 11.5 Å². The van der Waals surface area contributed by atoms with Gasteiger partial charge in [0.05, 0.1) is 25.0 Å². The molecule has 2 aromatic rings. The van der Waals surface area contributed by atoms with Crippen LogP contribution in [-0.2, 0) is 16.2 Å². The lowest BCUT2D eigenvalue weighted by molar-refractivity contribution is -0.132. The number of esters is 1. The first-order valence-corrected chi connectivity index (χ1v) is 8.43. The van der Waals surface area contributed by atoms with Crippen molar-refractivity contribution >= 4 is 5.97 Å². The Kier molecular flexibility index (Phi) is 7.46. The van der Waals surface area contributed by atoms with Gasteiger partial charge >= 0.3 is 12.1 Å². The summed E-state index contributed by atoms with van der Waals surface area (Å²) < 4.78 is 72.8. The summed E-state index contributed by atoms with van der Waals surface area (Å²) in [6, 6.07) is 3.27. The zero-order chi connectivity index (χ0) is 21.4. The van der Waals surface area contributed by atoms with Crippen LogP contribution in [-0.4, -0.2) is 35.1 Å². The van der Waals surface area contributed by atoms with Crippen LogP contribution in [0.15, 0.2) is 42.6 Å². The van der Waals surface area contributed by atoms with Crippen LogP contribution in [0.4, 0.5) is 17.6 Å². The maximum atomic E-state index is 14.1. The summed E-state index contributed by atoms with van der Waals surface area (Å²) in [7, 11) is 0. The van der Waals surface area contributed by atoms with E-state index in [9.17, 15) is 22.4 Å². The zero-order valence-electron chi connectivity index (χ0n) is 15.5. The quantitative estimate of drug-likeness (QED) is 0.348. The van der Waals surface area contributed by atoms with Crippen LogP contribution in [0.3, 0.4) is 0 Å².